The van der Waals surface area contributed by atoms with Gasteiger partial charge in [0.25, 0.3) is 0 Å². The molecule has 0 aromatic heterocycles. The summed E-state index contributed by atoms with van der Waals surface area (Å²) in [6.07, 6.45) is -0.609. The number of likely N-dealkylation sites (N-methyl/N-ethyl adjacent to an activating group) is 1. The molecule has 116 valence electrons. The largest absolute Gasteiger partial charge is 0.444 e. The van der Waals surface area contributed by atoms with Crippen LogP contribution in [-0.2, 0) is 9.53 Å². The number of aryl methyl sites for hydroxylation is 1. The van der Waals surface area contributed by atoms with Gasteiger partial charge in [0.2, 0.25) is 5.91 Å². The van der Waals surface area contributed by atoms with Gasteiger partial charge < -0.3 is 15.4 Å². The fraction of sp³-hybridized carbons (Fsp3) is 0.500. The van der Waals surface area contributed by atoms with Crippen molar-refractivity contribution in [3.63, 3.8) is 0 Å². The summed E-state index contributed by atoms with van der Waals surface area (Å²) in [6.45, 7) is 9.57. The van der Waals surface area contributed by atoms with E-state index in [-0.39, 0.29) is 5.91 Å². The maximum Gasteiger partial charge on any atom is 0.408 e. The molecule has 1 aromatic carbocycles. The summed E-state index contributed by atoms with van der Waals surface area (Å²) >= 11 is 0. The molecule has 0 unspecified atom stereocenters. The quantitative estimate of drug-likeness (QED) is 0.896. The molecule has 1 rings (SSSR count). The lowest BCUT2D eigenvalue weighted by atomic mass is 10.0. The van der Waals surface area contributed by atoms with E-state index in [9.17, 15) is 9.59 Å². The Morgan fingerprint density at radius 1 is 1.24 bits per heavy atom. The highest BCUT2D eigenvalue weighted by Gasteiger charge is 2.26. The van der Waals surface area contributed by atoms with E-state index < -0.39 is 17.7 Å². The van der Waals surface area contributed by atoms with Crippen molar-refractivity contribution in [2.24, 2.45) is 0 Å². The zero-order chi connectivity index (χ0) is 16.0. The number of carbonyl (C=O) groups is 2. The summed E-state index contributed by atoms with van der Waals surface area (Å²) < 4.78 is 5.23. The molecule has 21 heavy (non-hydrogen) atoms. The summed E-state index contributed by atoms with van der Waals surface area (Å²) in [4.78, 5) is 24.2. The summed E-state index contributed by atoms with van der Waals surface area (Å²) in [6, 6.07) is 6.69. The fourth-order valence-corrected chi connectivity index (χ4v) is 1.90. The molecule has 0 radical (unpaired) electrons. The third-order valence-corrected chi connectivity index (χ3v) is 2.77. The minimum atomic E-state index is -0.763. The van der Waals surface area contributed by atoms with Crippen molar-refractivity contribution in [3.8, 4) is 0 Å². The van der Waals surface area contributed by atoms with Crippen LogP contribution in [-0.4, -0.2) is 24.1 Å². The zero-order valence-electron chi connectivity index (χ0n) is 13.3. The molecule has 1 aromatic rings. The lowest BCUT2D eigenvalue weighted by Gasteiger charge is -2.24. The number of carbonyl (C=O) groups excluding carboxylic acids is 2. The second kappa shape index (κ2) is 7.11. The molecule has 0 aliphatic rings. The van der Waals surface area contributed by atoms with Crippen LogP contribution in [0.4, 0.5) is 4.79 Å². The Kier molecular flexibility index (Phi) is 5.76. The number of ether oxygens (including phenoxy) is 1. The van der Waals surface area contributed by atoms with Gasteiger partial charge in [0.1, 0.15) is 11.6 Å². The molecular weight excluding hydrogens is 268 g/mol. The van der Waals surface area contributed by atoms with Crippen LogP contribution in [0.3, 0.4) is 0 Å². The van der Waals surface area contributed by atoms with Crippen molar-refractivity contribution in [2.45, 2.75) is 46.3 Å². The average molecular weight is 292 g/mol. The maximum absolute atomic E-state index is 12.2. The van der Waals surface area contributed by atoms with E-state index in [2.05, 4.69) is 10.6 Å². The molecular formula is C16H24N2O3. The first kappa shape index (κ1) is 17.0. The van der Waals surface area contributed by atoms with Crippen LogP contribution in [0.2, 0.25) is 0 Å². The predicted octanol–water partition coefficient (Wildman–Crippen LogP) is 2.70. The van der Waals surface area contributed by atoms with Crippen LogP contribution in [0.15, 0.2) is 24.3 Å². The lowest BCUT2D eigenvalue weighted by Crippen LogP contribution is -2.42. The van der Waals surface area contributed by atoms with Crippen LogP contribution in [0.5, 0.6) is 0 Å². The van der Waals surface area contributed by atoms with Crippen LogP contribution in [0.1, 0.15) is 44.9 Å². The molecule has 0 saturated carbocycles. The number of alkyl carbamates (subject to hydrolysis) is 1. The standard InChI is InChI=1S/C16H24N2O3/c1-6-17-14(19)13(12-10-8-7-9-11(12)2)18-15(20)21-16(3,4)5/h7-10,13H,6H2,1-5H3,(H,17,19)(H,18,20)/t13-/m1/s1. The van der Waals surface area contributed by atoms with Crippen LogP contribution in [0, 0.1) is 6.92 Å². The minimum Gasteiger partial charge on any atom is -0.444 e. The second-order valence-electron chi connectivity index (χ2n) is 5.83. The first-order chi connectivity index (χ1) is 9.74. The van der Waals surface area contributed by atoms with Gasteiger partial charge in [-0.2, -0.15) is 0 Å². The van der Waals surface area contributed by atoms with Crippen molar-refractivity contribution in [1.82, 2.24) is 10.6 Å². The smallest absolute Gasteiger partial charge is 0.408 e. The normalized spacial score (nSPS) is 12.4. The Morgan fingerprint density at radius 2 is 1.86 bits per heavy atom. The minimum absolute atomic E-state index is 0.252. The molecule has 0 bridgehead atoms. The zero-order valence-corrected chi connectivity index (χ0v) is 13.3. The summed E-state index contributed by atoms with van der Waals surface area (Å²) in [5, 5.41) is 5.37. The van der Waals surface area contributed by atoms with E-state index in [0.29, 0.717) is 6.54 Å². The Morgan fingerprint density at radius 3 is 2.38 bits per heavy atom. The second-order valence-corrected chi connectivity index (χ2v) is 5.83. The van der Waals surface area contributed by atoms with Gasteiger partial charge in [-0.15, -0.1) is 0 Å². The van der Waals surface area contributed by atoms with E-state index in [4.69, 9.17) is 4.74 Å². The Hall–Kier alpha value is -2.04. The van der Waals surface area contributed by atoms with Gasteiger partial charge in [0, 0.05) is 6.54 Å². The van der Waals surface area contributed by atoms with E-state index in [1.54, 1.807) is 20.8 Å². The average Bonchev–Trinajstić information content (AvgIpc) is 2.35. The van der Waals surface area contributed by atoms with Gasteiger partial charge >= 0.3 is 6.09 Å². The number of amides is 2. The van der Waals surface area contributed by atoms with Crippen LogP contribution in [0.25, 0.3) is 0 Å². The first-order valence-corrected chi connectivity index (χ1v) is 7.07. The molecule has 0 aliphatic carbocycles. The van der Waals surface area contributed by atoms with Crippen molar-refractivity contribution in [1.29, 1.82) is 0 Å². The van der Waals surface area contributed by atoms with Crippen LogP contribution >= 0.6 is 0 Å². The molecule has 0 fully saturated rings. The number of benzene rings is 1. The monoisotopic (exact) mass is 292 g/mol. The first-order valence-electron chi connectivity index (χ1n) is 7.07. The van der Waals surface area contributed by atoms with Gasteiger partial charge in [0.05, 0.1) is 0 Å². The molecule has 0 saturated heterocycles. The molecule has 0 spiro atoms. The Balaban J connectivity index is 2.96. The fourth-order valence-electron chi connectivity index (χ4n) is 1.90. The van der Waals surface area contributed by atoms with E-state index in [0.717, 1.165) is 11.1 Å². The topological polar surface area (TPSA) is 67.4 Å². The summed E-state index contributed by atoms with van der Waals surface area (Å²) in [5.74, 6) is -0.252. The SMILES string of the molecule is CCNC(=O)[C@H](NC(=O)OC(C)(C)C)c1ccccc1C. The molecule has 2 N–H and O–H groups in total. The van der Waals surface area contributed by atoms with Crippen LogP contribution < -0.4 is 10.6 Å². The molecule has 5 heteroatoms. The molecule has 5 nitrogen and oxygen atoms in total. The maximum atomic E-state index is 12.2. The number of rotatable bonds is 4. The van der Waals surface area contributed by atoms with Gasteiger partial charge in [-0.1, -0.05) is 24.3 Å². The lowest BCUT2D eigenvalue weighted by molar-refractivity contribution is -0.123. The van der Waals surface area contributed by atoms with Gasteiger partial charge in [-0.3, -0.25) is 4.79 Å². The molecule has 2 amide bonds. The van der Waals surface area contributed by atoms with Gasteiger partial charge in [0.15, 0.2) is 0 Å². The van der Waals surface area contributed by atoms with E-state index in [1.807, 2.05) is 38.1 Å². The number of nitrogens with one attached hydrogen (secondary N) is 2. The highest BCUT2D eigenvalue weighted by molar-refractivity contribution is 5.87. The van der Waals surface area contributed by atoms with Crippen molar-refractivity contribution in [3.05, 3.63) is 35.4 Å². The highest BCUT2D eigenvalue weighted by atomic mass is 16.6. The van der Waals surface area contributed by atoms with E-state index >= 15 is 0 Å². The third-order valence-electron chi connectivity index (χ3n) is 2.77. The summed E-state index contributed by atoms with van der Waals surface area (Å²) in [7, 11) is 0. The predicted molar refractivity (Wildman–Crippen MR) is 82.0 cm³/mol. The van der Waals surface area contributed by atoms with Crippen molar-refractivity contribution < 1.29 is 14.3 Å². The Bertz CT molecular complexity index is 506. The van der Waals surface area contributed by atoms with Gasteiger partial charge in [-0.25, -0.2) is 4.79 Å². The number of hydrogen-bond donors (Lipinski definition) is 2. The van der Waals surface area contributed by atoms with Gasteiger partial charge in [-0.05, 0) is 45.7 Å². The highest BCUT2D eigenvalue weighted by Crippen LogP contribution is 2.18. The van der Waals surface area contributed by atoms with Crippen molar-refractivity contribution >= 4 is 12.0 Å². The molecule has 0 aliphatic heterocycles. The summed E-state index contributed by atoms with van der Waals surface area (Å²) in [5.41, 5.74) is 1.08. The number of hydrogen-bond acceptors (Lipinski definition) is 3. The third kappa shape index (κ3) is 5.45. The van der Waals surface area contributed by atoms with Crippen molar-refractivity contribution in [2.75, 3.05) is 6.54 Å². The Labute approximate surface area is 126 Å². The van der Waals surface area contributed by atoms with E-state index in [1.165, 1.54) is 0 Å². The molecule has 0 heterocycles. The molecule has 1 atom stereocenters.